The Bertz CT molecular complexity index is 1400. The summed E-state index contributed by atoms with van der Waals surface area (Å²) in [5, 5.41) is 37.8. The van der Waals surface area contributed by atoms with Crippen LogP contribution in [0.3, 0.4) is 0 Å². The molecule has 0 spiro atoms. The van der Waals surface area contributed by atoms with Crippen molar-refractivity contribution in [3.63, 3.8) is 0 Å². The number of hydrogen-bond acceptors (Lipinski definition) is 6. The van der Waals surface area contributed by atoms with E-state index >= 15 is 0 Å². The molecule has 3 aromatic carbocycles. The van der Waals surface area contributed by atoms with Gasteiger partial charge in [0.15, 0.2) is 6.10 Å². The summed E-state index contributed by atoms with van der Waals surface area (Å²) >= 11 is 6.28. The second-order valence-electron chi connectivity index (χ2n) is 10.3. The van der Waals surface area contributed by atoms with E-state index < -0.39 is 42.0 Å². The molecule has 1 heterocycles. The van der Waals surface area contributed by atoms with Crippen molar-refractivity contribution >= 4 is 29.3 Å². The lowest BCUT2D eigenvalue weighted by molar-refractivity contribution is -0.146. The second kappa shape index (κ2) is 13.2. The van der Waals surface area contributed by atoms with Gasteiger partial charge in [0.05, 0.1) is 12.1 Å². The topological polar surface area (TPSA) is 139 Å². The summed E-state index contributed by atoms with van der Waals surface area (Å²) in [6.45, 7) is 3.46. The number of aliphatic hydroxyl groups excluding tert-OH is 2. The third-order valence-corrected chi connectivity index (χ3v) is 7.81. The highest BCUT2D eigenvalue weighted by Crippen LogP contribution is 2.24. The van der Waals surface area contributed by atoms with Crippen LogP contribution in [0.1, 0.15) is 39.0 Å². The van der Waals surface area contributed by atoms with Crippen molar-refractivity contribution in [2.75, 3.05) is 6.54 Å². The summed E-state index contributed by atoms with van der Waals surface area (Å²) in [5.41, 5.74) is 2.97. The smallest absolute Gasteiger partial charge is 0.254 e. The number of likely N-dealkylation sites (tertiary alicyclic amines) is 1. The van der Waals surface area contributed by atoms with Gasteiger partial charge < -0.3 is 30.9 Å². The molecule has 0 aromatic heterocycles. The number of halogens is 1. The fourth-order valence-electron chi connectivity index (χ4n) is 5.06. The maximum Gasteiger partial charge on any atom is 0.254 e. The number of benzene rings is 3. The highest BCUT2D eigenvalue weighted by Gasteiger charge is 2.43. The minimum atomic E-state index is -1.72. The Morgan fingerprint density at radius 3 is 2.44 bits per heavy atom. The number of hydrogen-bond donors (Lipinski definition) is 5. The molecular formula is C31H34ClN3O6. The van der Waals surface area contributed by atoms with Crippen LogP contribution in [0.5, 0.6) is 5.75 Å². The van der Waals surface area contributed by atoms with Crippen LogP contribution in [0.4, 0.5) is 0 Å². The number of carbonyl (C=O) groups is 3. The molecule has 9 nitrogen and oxygen atoms in total. The molecule has 3 amide bonds. The molecule has 5 N–H and O–H groups in total. The summed E-state index contributed by atoms with van der Waals surface area (Å²) in [5.74, 6) is -1.90. The van der Waals surface area contributed by atoms with Crippen LogP contribution in [-0.4, -0.2) is 68.8 Å². The van der Waals surface area contributed by atoms with E-state index in [0.717, 1.165) is 21.6 Å². The predicted octanol–water partition coefficient (Wildman–Crippen LogP) is 2.64. The molecule has 1 aliphatic heterocycles. The molecule has 0 aliphatic carbocycles. The lowest BCUT2D eigenvalue weighted by Gasteiger charge is -2.30. The number of aromatic hydroxyl groups is 1. The first kappa shape index (κ1) is 30.0. The number of β-amino-alcohol motifs (C(OH)–C–C–N with tert-alkyl or cyclic N) is 1. The van der Waals surface area contributed by atoms with E-state index in [-0.39, 0.29) is 37.2 Å². The third-order valence-electron chi connectivity index (χ3n) is 7.46. The summed E-state index contributed by atoms with van der Waals surface area (Å²) in [6, 6.07) is 16.9. The van der Waals surface area contributed by atoms with Crippen LogP contribution in [0.2, 0.25) is 5.02 Å². The molecular weight excluding hydrogens is 546 g/mol. The molecule has 3 aromatic rings. The maximum atomic E-state index is 13.6. The Morgan fingerprint density at radius 2 is 1.73 bits per heavy atom. The number of nitrogens with one attached hydrogen (secondary N) is 2. The van der Waals surface area contributed by atoms with Gasteiger partial charge >= 0.3 is 0 Å². The van der Waals surface area contributed by atoms with Gasteiger partial charge in [0, 0.05) is 35.7 Å². The minimum absolute atomic E-state index is 0.00396. The van der Waals surface area contributed by atoms with Crippen LogP contribution in [0.15, 0.2) is 66.7 Å². The van der Waals surface area contributed by atoms with Gasteiger partial charge in [-0.05, 0) is 55.2 Å². The van der Waals surface area contributed by atoms with Crippen molar-refractivity contribution in [1.82, 2.24) is 15.5 Å². The van der Waals surface area contributed by atoms with Gasteiger partial charge in [0.25, 0.3) is 11.8 Å². The van der Waals surface area contributed by atoms with Crippen molar-refractivity contribution in [2.24, 2.45) is 0 Å². The normalized spacial score (nSPS) is 18.0. The highest BCUT2D eigenvalue weighted by atomic mass is 35.5. The fraction of sp³-hybridized carbons (Fsp3) is 0.323. The average molecular weight is 580 g/mol. The number of aryl methyl sites for hydroxylation is 1. The van der Waals surface area contributed by atoms with E-state index in [0.29, 0.717) is 10.6 Å². The Morgan fingerprint density at radius 1 is 1.02 bits per heavy atom. The Hall–Kier alpha value is -3.92. The van der Waals surface area contributed by atoms with Gasteiger partial charge in [-0.3, -0.25) is 14.4 Å². The number of aliphatic hydroxyl groups is 2. The van der Waals surface area contributed by atoms with Crippen molar-refractivity contribution in [3.05, 3.63) is 99.6 Å². The first-order valence-electron chi connectivity index (χ1n) is 13.4. The molecule has 4 unspecified atom stereocenters. The molecule has 0 bridgehead atoms. The van der Waals surface area contributed by atoms with Crippen LogP contribution >= 0.6 is 11.6 Å². The first-order chi connectivity index (χ1) is 19.6. The van der Waals surface area contributed by atoms with Crippen LogP contribution < -0.4 is 10.6 Å². The number of phenols is 1. The van der Waals surface area contributed by atoms with Crippen LogP contribution in [-0.2, 0) is 22.6 Å². The first-order valence-corrected chi connectivity index (χ1v) is 13.8. The predicted molar refractivity (Wildman–Crippen MR) is 154 cm³/mol. The van der Waals surface area contributed by atoms with Crippen molar-refractivity contribution in [1.29, 1.82) is 0 Å². The van der Waals surface area contributed by atoms with Gasteiger partial charge in [-0.15, -0.1) is 0 Å². The zero-order valence-corrected chi connectivity index (χ0v) is 23.6. The molecule has 0 radical (unpaired) electrons. The third kappa shape index (κ3) is 7.05. The molecule has 4 atom stereocenters. The maximum absolute atomic E-state index is 13.6. The van der Waals surface area contributed by atoms with E-state index in [1.165, 1.54) is 18.2 Å². The molecule has 10 heteroatoms. The standard InChI is InChI=1S/C31H34ClN3O6/c1-18-8-6-12-24(32)23(18)16-33-30(40)26-15-21(36)17-35(26)31(41)28(38)25(14-20-9-4-3-5-10-20)34-29(39)22-11-7-13-27(37)19(22)2/h3-13,21,25-26,28,36-38H,14-17H2,1-2H3,(H,33,40)(H,34,39). The number of amides is 3. The van der Waals surface area contributed by atoms with Crippen LogP contribution in [0, 0.1) is 13.8 Å². The number of carbonyl (C=O) groups excluding carboxylic acids is 3. The fourth-order valence-corrected chi connectivity index (χ4v) is 5.35. The Labute approximate surface area is 243 Å². The minimum Gasteiger partial charge on any atom is -0.508 e. The zero-order valence-electron chi connectivity index (χ0n) is 22.9. The van der Waals surface area contributed by atoms with Gasteiger partial charge in [-0.25, -0.2) is 0 Å². The zero-order chi connectivity index (χ0) is 29.7. The molecule has 1 fully saturated rings. The van der Waals surface area contributed by atoms with E-state index in [2.05, 4.69) is 10.6 Å². The Kier molecular flexibility index (Phi) is 9.65. The van der Waals surface area contributed by atoms with Crippen molar-refractivity contribution < 1.29 is 29.7 Å². The van der Waals surface area contributed by atoms with Crippen molar-refractivity contribution in [2.45, 2.75) is 57.5 Å². The van der Waals surface area contributed by atoms with E-state index in [9.17, 15) is 29.7 Å². The summed E-state index contributed by atoms with van der Waals surface area (Å²) in [6.07, 6.45) is -2.55. The van der Waals surface area contributed by atoms with Crippen molar-refractivity contribution in [3.8, 4) is 5.75 Å². The average Bonchev–Trinajstić information content (AvgIpc) is 3.35. The van der Waals surface area contributed by atoms with E-state index in [1.54, 1.807) is 25.1 Å². The quantitative estimate of drug-likeness (QED) is 0.264. The largest absolute Gasteiger partial charge is 0.508 e. The lowest BCUT2D eigenvalue weighted by atomic mass is 9.98. The van der Waals surface area contributed by atoms with Gasteiger partial charge in [0.1, 0.15) is 11.8 Å². The molecule has 4 rings (SSSR count). The van der Waals surface area contributed by atoms with Gasteiger partial charge in [-0.1, -0.05) is 60.1 Å². The summed E-state index contributed by atoms with van der Waals surface area (Å²) in [4.78, 5) is 41.2. The molecule has 1 saturated heterocycles. The number of phenolic OH excluding ortho intramolecular Hbond substituents is 1. The summed E-state index contributed by atoms with van der Waals surface area (Å²) in [7, 11) is 0. The lowest BCUT2D eigenvalue weighted by Crippen LogP contribution is -2.55. The molecule has 216 valence electrons. The van der Waals surface area contributed by atoms with E-state index in [1.807, 2.05) is 37.3 Å². The Balaban J connectivity index is 1.53. The second-order valence-corrected chi connectivity index (χ2v) is 10.7. The SMILES string of the molecule is Cc1cccc(Cl)c1CNC(=O)C1CC(O)CN1C(=O)C(O)C(Cc1ccccc1)NC(=O)c1cccc(O)c1C. The molecule has 41 heavy (non-hydrogen) atoms. The van der Waals surface area contributed by atoms with Gasteiger partial charge in [0.2, 0.25) is 5.91 Å². The molecule has 0 saturated carbocycles. The molecule has 1 aliphatic rings. The van der Waals surface area contributed by atoms with Gasteiger partial charge in [-0.2, -0.15) is 0 Å². The van der Waals surface area contributed by atoms with Crippen LogP contribution in [0.25, 0.3) is 0 Å². The highest BCUT2D eigenvalue weighted by molar-refractivity contribution is 6.31. The van der Waals surface area contributed by atoms with E-state index in [4.69, 9.17) is 11.6 Å². The number of rotatable bonds is 9. The summed E-state index contributed by atoms with van der Waals surface area (Å²) < 4.78 is 0. The number of nitrogens with zero attached hydrogens (tertiary/aromatic N) is 1. The monoisotopic (exact) mass is 579 g/mol.